The number of nitrogens with zero attached hydrogens (tertiary/aromatic N) is 1. The van der Waals surface area contributed by atoms with E-state index < -0.39 is 54.5 Å². The minimum atomic E-state index is -6.95. The van der Waals surface area contributed by atoms with Crippen molar-refractivity contribution in [3.8, 4) is 0 Å². The van der Waals surface area contributed by atoms with E-state index >= 15 is 0 Å². The SMILES string of the molecule is CCCCCCP(CCCCCC)(CCCCCC)(C[Si](C)(C)Cl)N(S(=O)(=O)C(F)(F)F)S(=O)(=O)C(F)(F)F. The van der Waals surface area contributed by atoms with E-state index in [1.54, 1.807) is 0 Å². The molecule has 0 bridgehead atoms. The average Bonchev–Trinajstić information content (AvgIpc) is 2.75. The third-order valence-corrected chi connectivity index (χ3v) is 26.9. The number of hydrogen-bond acceptors (Lipinski definition) is 4. The summed E-state index contributed by atoms with van der Waals surface area (Å²) in [4.78, 5) is 0. The number of alkyl halides is 6. The molecule has 0 aromatic rings. The van der Waals surface area contributed by atoms with Gasteiger partial charge in [0.1, 0.15) is 0 Å². The van der Waals surface area contributed by atoms with Crippen LogP contribution in [0.25, 0.3) is 0 Å². The number of halogens is 7. The first kappa shape index (κ1) is 39.4. The van der Waals surface area contributed by atoms with E-state index in [0.717, 1.165) is 0 Å². The Balaban J connectivity index is 7.95. The van der Waals surface area contributed by atoms with Crippen molar-refractivity contribution in [1.29, 1.82) is 0 Å². The van der Waals surface area contributed by atoms with Gasteiger partial charge in [0.2, 0.25) is 0 Å². The molecule has 0 saturated carbocycles. The standard InChI is InChI=1S/C23H47ClF6NO4PS2Si/c1-6-9-12-15-18-36(21-39(4,5)24,19-16-13-10-7-2,20-17-14-11-8-3)31(37(32,33)22(25,26)27)38(34,35)23(28,29)30/h6-21H2,1-5H3. The van der Waals surface area contributed by atoms with Crippen LogP contribution in [0.2, 0.25) is 13.1 Å². The summed E-state index contributed by atoms with van der Waals surface area (Å²) in [7, 11) is -17.1. The van der Waals surface area contributed by atoms with Crippen LogP contribution < -0.4 is 0 Å². The topological polar surface area (TPSA) is 71.5 Å². The molecule has 5 nitrogen and oxygen atoms in total. The van der Waals surface area contributed by atoms with Crippen LogP contribution in [0.5, 0.6) is 0 Å². The fourth-order valence-corrected chi connectivity index (χ4v) is 32.5. The molecule has 0 rings (SSSR count). The van der Waals surface area contributed by atoms with Crippen molar-refractivity contribution in [3.05, 3.63) is 0 Å². The molecule has 0 atom stereocenters. The third kappa shape index (κ3) is 10.6. The summed E-state index contributed by atoms with van der Waals surface area (Å²) in [6, 6.07) is 0. The van der Waals surface area contributed by atoms with Gasteiger partial charge < -0.3 is 0 Å². The molecule has 0 saturated heterocycles. The molecule has 39 heavy (non-hydrogen) atoms. The molecule has 0 N–H and O–H groups in total. The van der Waals surface area contributed by atoms with E-state index in [-0.39, 0.29) is 37.7 Å². The number of unbranched alkanes of at least 4 members (excludes halogenated alkanes) is 9. The molecule has 0 radical (unpaired) electrons. The Hall–Kier alpha value is 0.377. The molecule has 238 valence electrons. The molecule has 0 aliphatic carbocycles. The third-order valence-electron chi connectivity index (χ3n) is 7.00. The number of hydrogen-bond donors (Lipinski definition) is 0. The Morgan fingerprint density at radius 1 is 0.615 bits per heavy atom. The molecule has 0 fully saturated rings. The van der Waals surface area contributed by atoms with E-state index in [1.165, 1.54) is 13.1 Å². The van der Waals surface area contributed by atoms with Crippen LogP contribution in [0.4, 0.5) is 26.3 Å². The minimum absolute atomic E-state index is 0.117. The van der Waals surface area contributed by atoms with Crippen molar-refractivity contribution in [2.24, 2.45) is 0 Å². The quantitative estimate of drug-likeness (QED) is 0.0425. The molecule has 0 heterocycles. The van der Waals surface area contributed by atoms with Gasteiger partial charge in [-0.2, -0.15) is 0 Å². The molecule has 0 aromatic heterocycles. The van der Waals surface area contributed by atoms with E-state index in [1.807, 2.05) is 20.8 Å². The van der Waals surface area contributed by atoms with Crippen LogP contribution in [-0.2, 0) is 20.0 Å². The first-order valence-electron chi connectivity index (χ1n) is 13.7. The van der Waals surface area contributed by atoms with Gasteiger partial charge in [0.15, 0.2) is 0 Å². The van der Waals surface area contributed by atoms with Gasteiger partial charge in [-0.25, -0.2) is 0 Å². The van der Waals surface area contributed by atoms with Crippen LogP contribution in [0.1, 0.15) is 97.8 Å². The number of sulfonamides is 2. The Bertz CT molecular complexity index is 879. The van der Waals surface area contributed by atoms with Crippen molar-refractivity contribution in [1.82, 2.24) is 3.48 Å². The van der Waals surface area contributed by atoms with E-state index in [4.69, 9.17) is 11.1 Å². The van der Waals surface area contributed by atoms with Gasteiger partial charge in [0.25, 0.3) is 0 Å². The van der Waals surface area contributed by atoms with E-state index in [0.29, 0.717) is 57.8 Å². The summed E-state index contributed by atoms with van der Waals surface area (Å²) in [5.41, 5.74) is -12.5. The van der Waals surface area contributed by atoms with E-state index in [9.17, 15) is 43.2 Å². The maximum absolute atomic E-state index is 14.2. The molecule has 0 spiro atoms. The molecule has 16 heteroatoms. The van der Waals surface area contributed by atoms with Crippen LogP contribution >= 0.6 is 17.8 Å². The average molecular weight is 674 g/mol. The Morgan fingerprint density at radius 2 is 0.897 bits per heavy atom. The van der Waals surface area contributed by atoms with Gasteiger partial charge >= 0.3 is 238 Å². The zero-order valence-corrected chi connectivity index (χ0v) is 28.1. The van der Waals surface area contributed by atoms with Crippen molar-refractivity contribution < 1.29 is 43.2 Å². The van der Waals surface area contributed by atoms with Gasteiger partial charge in [-0.3, -0.25) is 0 Å². The summed E-state index contributed by atoms with van der Waals surface area (Å²) in [6.07, 6.45) is 4.63. The zero-order chi connectivity index (χ0) is 30.8. The zero-order valence-electron chi connectivity index (χ0n) is 23.8. The first-order chi connectivity index (χ1) is 17.6. The fourth-order valence-electron chi connectivity index (χ4n) is 5.59. The second kappa shape index (κ2) is 15.2. The van der Waals surface area contributed by atoms with Crippen LogP contribution in [0.3, 0.4) is 0 Å². The first-order valence-corrected chi connectivity index (χ1v) is 23.7. The maximum atomic E-state index is 14.2. The van der Waals surface area contributed by atoms with Gasteiger partial charge in [0, 0.05) is 0 Å². The van der Waals surface area contributed by atoms with Gasteiger partial charge in [0.05, 0.1) is 0 Å². The van der Waals surface area contributed by atoms with Crippen molar-refractivity contribution in [3.63, 3.8) is 0 Å². The molecular formula is C23H47ClF6NO4PS2Si. The van der Waals surface area contributed by atoms with Crippen molar-refractivity contribution in [2.75, 3.05) is 24.3 Å². The normalized spacial score (nSPS) is 15.5. The van der Waals surface area contributed by atoms with Crippen LogP contribution in [0.15, 0.2) is 0 Å². The molecular weight excluding hydrogens is 627 g/mol. The van der Waals surface area contributed by atoms with Crippen molar-refractivity contribution >= 4 is 45.3 Å². The predicted octanol–water partition coefficient (Wildman–Crippen LogP) is 9.18. The molecule has 0 amide bonds. The van der Waals surface area contributed by atoms with Gasteiger partial charge in [-0.05, 0) is 0 Å². The van der Waals surface area contributed by atoms with Gasteiger partial charge in [-0.1, -0.05) is 0 Å². The summed E-state index contributed by atoms with van der Waals surface area (Å²) in [5.74, 6) is -0.435. The molecule has 0 unspecified atom stereocenters. The summed E-state index contributed by atoms with van der Waals surface area (Å²) < 4.78 is 137. The van der Waals surface area contributed by atoms with Gasteiger partial charge in [-0.15, -0.1) is 0 Å². The van der Waals surface area contributed by atoms with E-state index in [2.05, 4.69) is 0 Å². The van der Waals surface area contributed by atoms with Crippen LogP contribution in [0, 0.1) is 0 Å². The molecule has 0 aromatic carbocycles. The Labute approximate surface area is 237 Å². The molecule has 0 aliphatic rings. The van der Waals surface area contributed by atoms with Crippen LogP contribution in [-0.4, -0.2) is 63.0 Å². The predicted molar refractivity (Wildman–Crippen MR) is 154 cm³/mol. The second-order valence-electron chi connectivity index (χ2n) is 11.2. The Kier molecular flexibility index (Phi) is 15.4. The summed E-state index contributed by atoms with van der Waals surface area (Å²) in [5, 5.41) is 0. The Morgan fingerprint density at radius 3 is 1.10 bits per heavy atom. The second-order valence-corrected chi connectivity index (χ2v) is 28.9. The summed E-state index contributed by atoms with van der Waals surface area (Å²) in [6.45, 7) is 3.54. The fraction of sp³-hybridized carbons (Fsp3) is 1.00. The summed E-state index contributed by atoms with van der Waals surface area (Å²) >= 11 is 6.69. The monoisotopic (exact) mass is 673 g/mol. The molecule has 0 aliphatic heterocycles. The van der Waals surface area contributed by atoms with Crippen molar-refractivity contribution in [2.45, 2.75) is 122 Å². The number of rotatable bonds is 20.